The summed E-state index contributed by atoms with van der Waals surface area (Å²) in [6.45, 7) is 2.97. The van der Waals surface area contributed by atoms with Crippen LogP contribution in [0.15, 0.2) is 23.6 Å². The molecule has 176 valence electrons. The van der Waals surface area contributed by atoms with Crippen LogP contribution in [0.25, 0.3) is 10.4 Å². The van der Waals surface area contributed by atoms with Crippen molar-refractivity contribution in [2.24, 2.45) is 11.3 Å². The molecule has 9 nitrogen and oxygen atoms in total. The molecule has 33 heavy (non-hydrogen) atoms. The number of thiazole rings is 1. The molecule has 0 spiro atoms. The molecule has 2 fully saturated rings. The summed E-state index contributed by atoms with van der Waals surface area (Å²) in [5.74, 6) is -1.95. The van der Waals surface area contributed by atoms with Crippen LogP contribution in [0.4, 0.5) is 0 Å². The molecule has 2 aromatic rings. The lowest BCUT2D eigenvalue weighted by molar-refractivity contribution is -0.177. The minimum absolute atomic E-state index is 0.148. The summed E-state index contributed by atoms with van der Waals surface area (Å²) in [5.41, 5.74) is 1.03. The molecule has 5 rings (SSSR count). The number of nitrogens with zero attached hydrogens (tertiary/aromatic N) is 3. The van der Waals surface area contributed by atoms with Crippen LogP contribution in [-0.2, 0) is 23.9 Å². The van der Waals surface area contributed by atoms with Crippen molar-refractivity contribution in [3.8, 4) is 0 Å². The number of carbonyl (C=O) groups is 3. The molecule has 1 aliphatic carbocycles. The van der Waals surface area contributed by atoms with E-state index in [9.17, 15) is 19.5 Å². The third-order valence-electron chi connectivity index (χ3n) is 7.22. The minimum Gasteiger partial charge on any atom is -0.427 e. The standard InChI is InChI=1S/C23H27N3O6S/c1-13(27)18-15-8-14(16-10-33-17-9-24-11-25(16)17)19(26(15)20(18)28)21(29)31-12-32-22(30)23(2)6-4-3-5-7-23/h9-11,13,15,18,27H,3-8,12H2,1-2H3/t13-,15-,18-/m1/s1. The van der Waals surface area contributed by atoms with Crippen molar-refractivity contribution in [2.45, 2.75) is 64.5 Å². The molecule has 3 atom stereocenters. The lowest BCUT2D eigenvalue weighted by Gasteiger charge is -2.44. The van der Waals surface area contributed by atoms with Crippen molar-refractivity contribution >= 4 is 39.6 Å². The summed E-state index contributed by atoms with van der Waals surface area (Å²) in [7, 11) is 0. The van der Waals surface area contributed by atoms with E-state index in [2.05, 4.69) is 4.98 Å². The molecule has 10 heteroatoms. The Balaban J connectivity index is 1.36. The Kier molecular flexibility index (Phi) is 5.52. The van der Waals surface area contributed by atoms with E-state index in [4.69, 9.17) is 9.47 Å². The zero-order valence-electron chi connectivity index (χ0n) is 18.7. The fourth-order valence-corrected chi connectivity index (χ4v) is 6.21. The van der Waals surface area contributed by atoms with Gasteiger partial charge in [-0.2, -0.15) is 0 Å². The number of esters is 2. The second kappa shape index (κ2) is 8.25. The first-order valence-electron chi connectivity index (χ1n) is 11.3. The number of hydrogen-bond acceptors (Lipinski definition) is 8. The maximum absolute atomic E-state index is 13.1. The van der Waals surface area contributed by atoms with E-state index in [0.29, 0.717) is 12.0 Å². The predicted molar refractivity (Wildman–Crippen MR) is 119 cm³/mol. The smallest absolute Gasteiger partial charge is 0.358 e. The van der Waals surface area contributed by atoms with Crippen molar-refractivity contribution in [1.29, 1.82) is 0 Å². The lowest BCUT2D eigenvalue weighted by Crippen LogP contribution is -2.61. The number of carbonyl (C=O) groups excluding carboxylic acids is 3. The Morgan fingerprint density at radius 3 is 2.79 bits per heavy atom. The largest absolute Gasteiger partial charge is 0.427 e. The molecule has 2 aliphatic heterocycles. The first kappa shape index (κ1) is 22.1. The van der Waals surface area contributed by atoms with E-state index >= 15 is 0 Å². The van der Waals surface area contributed by atoms with Gasteiger partial charge in [0.05, 0.1) is 35.4 Å². The second-order valence-electron chi connectivity index (χ2n) is 9.40. The Morgan fingerprint density at radius 2 is 2.06 bits per heavy atom. The number of aliphatic hydroxyl groups excluding tert-OH is 1. The van der Waals surface area contributed by atoms with Gasteiger partial charge in [0.2, 0.25) is 12.7 Å². The van der Waals surface area contributed by atoms with Crippen molar-refractivity contribution < 1.29 is 29.0 Å². The van der Waals surface area contributed by atoms with Gasteiger partial charge in [0.25, 0.3) is 0 Å². The fraction of sp³-hybridized carbons (Fsp3) is 0.565. The fourth-order valence-electron chi connectivity index (χ4n) is 5.34. The highest BCUT2D eigenvalue weighted by Crippen LogP contribution is 2.47. The number of aromatic nitrogens is 2. The van der Waals surface area contributed by atoms with Crippen molar-refractivity contribution in [2.75, 3.05) is 6.79 Å². The highest BCUT2D eigenvalue weighted by atomic mass is 32.1. The number of ether oxygens (including phenoxy) is 2. The summed E-state index contributed by atoms with van der Waals surface area (Å²) in [6.07, 6.45) is 7.59. The van der Waals surface area contributed by atoms with Gasteiger partial charge in [-0.05, 0) is 33.1 Å². The van der Waals surface area contributed by atoms with E-state index in [1.54, 1.807) is 19.4 Å². The zero-order valence-corrected chi connectivity index (χ0v) is 19.5. The quantitative estimate of drug-likeness (QED) is 0.390. The van der Waals surface area contributed by atoms with Crippen LogP contribution in [0.1, 0.15) is 58.1 Å². The number of β-lactam (4-membered cyclic amide) rings is 1. The van der Waals surface area contributed by atoms with Gasteiger partial charge >= 0.3 is 11.9 Å². The third kappa shape index (κ3) is 3.56. The van der Waals surface area contributed by atoms with Crippen LogP contribution in [-0.4, -0.2) is 56.2 Å². The van der Waals surface area contributed by atoms with Crippen LogP contribution < -0.4 is 0 Å². The van der Waals surface area contributed by atoms with Gasteiger partial charge in [0.15, 0.2) is 0 Å². The Bertz CT molecular complexity index is 1140. The zero-order chi connectivity index (χ0) is 23.3. The highest BCUT2D eigenvalue weighted by molar-refractivity contribution is 7.15. The summed E-state index contributed by atoms with van der Waals surface area (Å²) in [6, 6.07) is -0.308. The first-order valence-corrected chi connectivity index (χ1v) is 12.2. The van der Waals surface area contributed by atoms with Crippen LogP contribution in [0.5, 0.6) is 0 Å². The highest BCUT2D eigenvalue weighted by Gasteiger charge is 2.57. The van der Waals surface area contributed by atoms with E-state index in [1.807, 2.05) is 16.7 Å². The van der Waals surface area contributed by atoms with Crippen LogP contribution in [0, 0.1) is 11.3 Å². The average Bonchev–Trinajstić information content (AvgIpc) is 3.46. The molecule has 0 radical (unpaired) electrons. The average molecular weight is 474 g/mol. The van der Waals surface area contributed by atoms with Gasteiger partial charge in [-0.15, -0.1) is 11.3 Å². The van der Waals surface area contributed by atoms with Gasteiger partial charge in [-0.25, -0.2) is 9.78 Å². The topological polar surface area (TPSA) is 110 Å². The van der Waals surface area contributed by atoms with Gasteiger partial charge in [0.1, 0.15) is 16.9 Å². The molecule has 0 bridgehead atoms. The van der Waals surface area contributed by atoms with Crippen LogP contribution in [0.2, 0.25) is 0 Å². The third-order valence-corrected chi connectivity index (χ3v) is 8.10. The van der Waals surface area contributed by atoms with Gasteiger partial charge in [0, 0.05) is 11.0 Å². The lowest BCUT2D eigenvalue weighted by atomic mass is 9.76. The predicted octanol–water partition coefficient (Wildman–Crippen LogP) is 2.73. The molecule has 0 unspecified atom stereocenters. The number of amides is 1. The molecule has 0 aromatic carbocycles. The Labute approximate surface area is 195 Å². The summed E-state index contributed by atoms with van der Waals surface area (Å²) in [4.78, 5) is 44.9. The molecule has 1 saturated carbocycles. The molecular weight excluding hydrogens is 446 g/mol. The maximum Gasteiger partial charge on any atom is 0.358 e. The Morgan fingerprint density at radius 1 is 1.30 bits per heavy atom. The summed E-state index contributed by atoms with van der Waals surface area (Å²) < 4.78 is 12.5. The van der Waals surface area contributed by atoms with E-state index in [-0.39, 0.29) is 23.6 Å². The van der Waals surface area contributed by atoms with E-state index in [1.165, 1.54) is 16.2 Å². The molecule has 2 aromatic heterocycles. The maximum atomic E-state index is 13.1. The number of fused-ring (bicyclic) bond motifs is 2. The van der Waals surface area contributed by atoms with Crippen LogP contribution in [0.3, 0.4) is 0 Å². The number of imidazole rings is 1. The van der Waals surface area contributed by atoms with Gasteiger partial charge in [-0.1, -0.05) is 19.3 Å². The van der Waals surface area contributed by atoms with Crippen molar-refractivity contribution in [3.05, 3.63) is 29.3 Å². The minimum atomic E-state index is -0.816. The summed E-state index contributed by atoms with van der Waals surface area (Å²) in [5, 5.41) is 12.0. The molecule has 4 heterocycles. The molecule has 1 N–H and O–H groups in total. The SMILES string of the molecule is C[C@@H](O)[C@H]1C(=O)N2C(C(=O)OCOC(=O)C3(C)CCCCC3)=C(c3csc4cncn34)C[C@H]12. The molecule has 1 amide bonds. The van der Waals surface area contributed by atoms with Crippen molar-refractivity contribution in [1.82, 2.24) is 14.3 Å². The van der Waals surface area contributed by atoms with Gasteiger partial charge in [-0.3, -0.25) is 14.0 Å². The van der Waals surface area contributed by atoms with Crippen LogP contribution >= 0.6 is 11.3 Å². The normalized spacial score (nSPS) is 25.1. The van der Waals surface area contributed by atoms with E-state index < -0.39 is 30.2 Å². The number of rotatable bonds is 6. The molecule has 3 aliphatic rings. The van der Waals surface area contributed by atoms with E-state index in [0.717, 1.165) is 42.6 Å². The summed E-state index contributed by atoms with van der Waals surface area (Å²) >= 11 is 1.48. The second-order valence-corrected chi connectivity index (χ2v) is 10.3. The number of hydrogen-bond donors (Lipinski definition) is 1. The van der Waals surface area contributed by atoms with Crippen molar-refractivity contribution in [3.63, 3.8) is 0 Å². The Hall–Kier alpha value is -2.72. The number of aliphatic hydroxyl groups is 1. The monoisotopic (exact) mass is 473 g/mol. The first-order chi connectivity index (χ1) is 15.8. The van der Waals surface area contributed by atoms with Gasteiger partial charge < -0.3 is 19.5 Å². The molecular formula is C23H27N3O6S. The molecule has 1 saturated heterocycles.